The van der Waals surface area contributed by atoms with Crippen LogP contribution in [0.1, 0.15) is 23.0 Å². The van der Waals surface area contributed by atoms with Gasteiger partial charge in [-0.15, -0.1) is 0 Å². The molecule has 1 amide bonds. The molecule has 0 fully saturated rings. The van der Waals surface area contributed by atoms with Crippen LogP contribution in [0.25, 0.3) is 0 Å². The molecular weight excluding hydrogens is 243 g/mol. The summed E-state index contributed by atoms with van der Waals surface area (Å²) in [6, 6.07) is 13.9. The number of carbonyl (C=O) groups excluding carboxylic acids is 1. The third-order valence-electron chi connectivity index (χ3n) is 2.82. The summed E-state index contributed by atoms with van der Waals surface area (Å²) in [5.41, 5.74) is 1.17. The van der Waals surface area contributed by atoms with Crippen molar-refractivity contribution < 1.29 is 9.18 Å². The first-order chi connectivity index (χ1) is 9.20. The lowest BCUT2D eigenvalue weighted by molar-refractivity contribution is 0.0745. The molecule has 0 saturated carbocycles. The van der Waals surface area contributed by atoms with Gasteiger partial charge < -0.3 is 4.90 Å². The number of nitrogens with zero attached hydrogens (tertiary/aromatic N) is 2. The van der Waals surface area contributed by atoms with Crippen LogP contribution in [0.3, 0.4) is 0 Å². The smallest absolute Gasteiger partial charge is 0.272 e. The van der Waals surface area contributed by atoms with Crippen LogP contribution >= 0.6 is 0 Å². The lowest BCUT2D eigenvalue weighted by Gasteiger charge is -2.20. The normalized spacial score (nSPS) is 10.2. The Morgan fingerprint density at radius 1 is 1.16 bits per heavy atom. The van der Waals surface area contributed by atoms with E-state index in [2.05, 4.69) is 4.98 Å². The molecule has 98 valence electrons. The Kier molecular flexibility index (Phi) is 4.23. The van der Waals surface area contributed by atoms with Crippen molar-refractivity contribution in [2.75, 3.05) is 6.54 Å². The maximum absolute atomic E-state index is 13.0. The van der Waals surface area contributed by atoms with Gasteiger partial charge in [0.2, 0.25) is 5.95 Å². The molecule has 0 unspecified atom stereocenters. The van der Waals surface area contributed by atoms with E-state index in [0.717, 1.165) is 5.56 Å². The summed E-state index contributed by atoms with van der Waals surface area (Å²) in [6.45, 7) is 2.93. The van der Waals surface area contributed by atoms with Crippen LogP contribution in [-0.2, 0) is 6.54 Å². The van der Waals surface area contributed by atoms with Crippen LogP contribution in [0.5, 0.6) is 0 Å². The van der Waals surface area contributed by atoms with Gasteiger partial charge in [0.15, 0.2) is 0 Å². The quantitative estimate of drug-likeness (QED) is 0.790. The molecule has 19 heavy (non-hydrogen) atoms. The average molecular weight is 258 g/mol. The summed E-state index contributed by atoms with van der Waals surface area (Å²) in [5, 5.41) is 0. The summed E-state index contributed by atoms with van der Waals surface area (Å²) < 4.78 is 13.0. The van der Waals surface area contributed by atoms with Crippen molar-refractivity contribution >= 4 is 5.91 Å². The second-order valence-corrected chi connectivity index (χ2v) is 4.15. The Hall–Kier alpha value is -2.23. The predicted molar refractivity (Wildman–Crippen MR) is 71.1 cm³/mol. The predicted octanol–water partition coefficient (Wildman–Crippen LogP) is 2.88. The molecule has 4 heteroatoms. The molecule has 0 aliphatic rings. The van der Waals surface area contributed by atoms with Crippen molar-refractivity contribution in [3.63, 3.8) is 0 Å². The summed E-state index contributed by atoms with van der Waals surface area (Å²) >= 11 is 0. The van der Waals surface area contributed by atoms with Crippen molar-refractivity contribution in [1.82, 2.24) is 9.88 Å². The molecule has 0 aliphatic carbocycles. The van der Waals surface area contributed by atoms with Crippen LogP contribution in [0.4, 0.5) is 4.39 Å². The van der Waals surface area contributed by atoms with E-state index in [1.807, 2.05) is 37.3 Å². The van der Waals surface area contributed by atoms with Gasteiger partial charge in [0, 0.05) is 13.1 Å². The zero-order chi connectivity index (χ0) is 13.7. The van der Waals surface area contributed by atoms with Crippen LogP contribution in [0.2, 0.25) is 0 Å². The van der Waals surface area contributed by atoms with E-state index in [-0.39, 0.29) is 11.6 Å². The van der Waals surface area contributed by atoms with Gasteiger partial charge in [0.1, 0.15) is 5.69 Å². The number of amides is 1. The molecule has 2 aromatic rings. The zero-order valence-electron chi connectivity index (χ0n) is 10.7. The third-order valence-corrected chi connectivity index (χ3v) is 2.82. The third kappa shape index (κ3) is 3.37. The summed E-state index contributed by atoms with van der Waals surface area (Å²) in [6.07, 6.45) is 0. The first-order valence-corrected chi connectivity index (χ1v) is 6.16. The topological polar surface area (TPSA) is 33.2 Å². The monoisotopic (exact) mass is 258 g/mol. The second kappa shape index (κ2) is 6.09. The summed E-state index contributed by atoms with van der Waals surface area (Å²) in [7, 11) is 0. The van der Waals surface area contributed by atoms with Crippen molar-refractivity contribution in [3.8, 4) is 0 Å². The molecule has 0 aliphatic heterocycles. The van der Waals surface area contributed by atoms with Crippen LogP contribution in [-0.4, -0.2) is 22.3 Å². The number of aromatic nitrogens is 1. The maximum atomic E-state index is 13.0. The molecule has 0 spiro atoms. The van der Waals surface area contributed by atoms with Crippen molar-refractivity contribution in [1.29, 1.82) is 0 Å². The number of halogens is 1. The Balaban J connectivity index is 2.16. The number of carbonyl (C=O) groups is 1. The number of pyridine rings is 1. The van der Waals surface area contributed by atoms with E-state index in [1.54, 1.807) is 4.90 Å². The lowest BCUT2D eigenvalue weighted by atomic mass is 10.2. The van der Waals surface area contributed by atoms with E-state index in [9.17, 15) is 9.18 Å². The Morgan fingerprint density at radius 2 is 1.89 bits per heavy atom. The van der Waals surface area contributed by atoms with Crippen LogP contribution in [0.15, 0.2) is 48.5 Å². The molecule has 0 bridgehead atoms. The molecule has 0 N–H and O–H groups in total. The van der Waals surface area contributed by atoms with E-state index < -0.39 is 5.95 Å². The van der Waals surface area contributed by atoms with Crippen LogP contribution in [0, 0.1) is 5.95 Å². The van der Waals surface area contributed by atoms with Crippen molar-refractivity contribution in [2.24, 2.45) is 0 Å². The van der Waals surface area contributed by atoms with Gasteiger partial charge in [0.05, 0.1) is 0 Å². The van der Waals surface area contributed by atoms with E-state index in [0.29, 0.717) is 13.1 Å². The highest BCUT2D eigenvalue weighted by Crippen LogP contribution is 2.09. The number of hydrogen-bond donors (Lipinski definition) is 0. The van der Waals surface area contributed by atoms with E-state index in [1.165, 1.54) is 18.2 Å². The molecule has 1 aromatic heterocycles. The van der Waals surface area contributed by atoms with E-state index >= 15 is 0 Å². The molecular formula is C15H15FN2O. The standard InChI is InChI=1S/C15H15FN2O/c1-2-18(11-12-7-4-3-5-8-12)15(19)13-9-6-10-14(16)17-13/h3-10H,2,11H2,1H3. The van der Waals surface area contributed by atoms with Gasteiger partial charge in [-0.1, -0.05) is 36.4 Å². The number of rotatable bonds is 4. The van der Waals surface area contributed by atoms with Gasteiger partial charge in [0.25, 0.3) is 5.91 Å². The highest BCUT2D eigenvalue weighted by molar-refractivity contribution is 5.92. The minimum Gasteiger partial charge on any atom is -0.333 e. The van der Waals surface area contributed by atoms with Gasteiger partial charge in [-0.25, -0.2) is 4.98 Å². The first-order valence-electron chi connectivity index (χ1n) is 6.16. The zero-order valence-corrected chi connectivity index (χ0v) is 10.7. The van der Waals surface area contributed by atoms with Crippen molar-refractivity contribution in [2.45, 2.75) is 13.5 Å². The minimum atomic E-state index is -0.637. The average Bonchev–Trinajstić information content (AvgIpc) is 2.45. The van der Waals surface area contributed by atoms with Crippen LogP contribution < -0.4 is 0 Å². The fourth-order valence-electron chi connectivity index (χ4n) is 1.82. The van der Waals surface area contributed by atoms with Gasteiger partial charge in [-0.2, -0.15) is 4.39 Å². The van der Waals surface area contributed by atoms with Gasteiger partial charge in [-0.05, 0) is 24.6 Å². The fraction of sp³-hybridized carbons (Fsp3) is 0.200. The number of hydrogen-bond acceptors (Lipinski definition) is 2. The molecule has 2 rings (SSSR count). The molecule has 3 nitrogen and oxygen atoms in total. The first kappa shape index (κ1) is 13.2. The molecule has 0 radical (unpaired) electrons. The van der Waals surface area contributed by atoms with Crippen molar-refractivity contribution in [3.05, 3.63) is 65.7 Å². The lowest BCUT2D eigenvalue weighted by Crippen LogP contribution is -2.31. The largest absolute Gasteiger partial charge is 0.333 e. The molecule has 1 aromatic carbocycles. The Labute approximate surface area is 111 Å². The molecule has 0 saturated heterocycles. The Bertz CT molecular complexity index is 557. The SMILES string of the molecule is CCN(Cc1ccccc1)C(=O)c1cccc(F)n1. The second-order valence-electron chi connectivity index (χ2n) is 4.15. The summed E-state index contributed by atoms with van der Waals surface area (Å²) in [4.78, 5) is 17.5. The van der Waals surface area contributed by atoms with Gasteiger partial charge >= 0.3 is 0 Å². The maximum Gasteiger partial charge on any atom is 0.272 e. The Morgan fingerprint density at radius 3 is 2.53 bits per heavy atom. The highest BCUT2D eigenvalue weighted by atomic mass is 19.1. The molecule has 1 heterocycles. The minimum absolute atomic E-state index is 0.137. The highest BCUT2D eigenvalue weighted by Gasteiger charge is 2.16. The molecule has 0 atom stereocenters. The number of benzene rings is 1. The summed E-state index contributed by atoms with van der Waals surface area (Å²) in [5.74, 6) is -0.896. The van der Waals surface area contributed by atoms with Gasteiger partial charge in [-0.3, -0.25) is 4.79 Å². The fourth-order valence-corrected chi connectivity index (χ4v) is 1.82. The van der Waals surface area contributed by atoms with E-state index in [4.69, 9.17) is 0 Å².